The van der Waals surface area contributed by atoms with Gasteiger partial charge in [0.25, 0.3) is 0 Å². The van der Waals surface area contributed by atoms with Crippen LogP contribution in [0.25, 0.3) is 44.1 Å². The summed E-state index contributed by atoms with van der Waals surface area (Å²) < 4.78 is 42.2. The Bertz CT molecular complexity index is 2370. The minimum Gasteiger partial charge on any atom is -0.465 e. The summed E-state index contributed by atoms with van der Waals surface area (Å²) in [4.78, 5) is 32.1. The van der Waals surface area contributed by atoms with Crippen LogP contribution in [0.5, 0.6) is 0 Å². The Morgan fingerprint density at radius 3 is 1.66 bits per heavy atom. The molecule has 8 rings (SSSR count). The van der Waals surface area contributed by atoms with Crippen LogP contribution in [0.15, 0.2) is 73.1 Å². The average molecular weight is 716 g/mol. The number of rotatable bonds is 7. The van der Waals surface area contributed by atoms with Gasteiger partial charge in [-0.2, -0.15) is 0 Å². The predicted octanol–water partition coefficient (Wildman–Crippen LogP) is 9.96. The molecular formula is C39H30Cl2F2N2O5. The van der Waals surface area contributed by atoms with Gasteiger partial charge in [0.15, 0.2) is 0 Å². The number of methoxy groups -OCH3 is 1. The van der Waals surface area contributed by atoms with E-state index in [-0.39, 0.29) is 16.7 Å². The third kappa shape index (κ3) is 5.18. The fraction of sp³-hybridized carbons (Fsp3) is 0.231. The zero-order valence-corrected chi connectivity index (χ0v) is 28.3. The van der Waals surface area contributed by atoms with E-state index in [4.69, 9.17) is 32.7 Å². The second kappa shape index (κ2) is 12.0. The minimum atomic E-state index is -1.17. The quantitative estimate of drug-likeness (QED) is 0.143. The molecule has 0 unspecified atom stereocenters. The molecule has 2 saturated carbocycles. The maximum atomic E-state index is 16.0. The molecule has 0 spiro atoms. The van der Waals surface area contributed by atoms with Gasteiger partial charge in [-0.05, 0) is 86.1 Å². The highest BCUT2D eigenvalue weighted by atomic mass is 35.5. The van der Waals surface area contributed by atoms with Crippen LogP contribution in [0.4, 0.5) is 8.78 Å². The topological polar surface area (TPSA) is 104 Å². The van der Waals surface area contributed by atoms with E-state index in [1.165, 1.54) is 31.6 Å². The summed E-state index contributed by atoms with van der Waals surface area (Å²) in [5.74, 6) is -2.23. The zero-order chi connectivity index (χ0) is 34.9. The minimum absolute atomic E-state index is 0.232. The van der Waals surface area contributed by atoms with Crippen molar-refractivity contribution >= 4 is 56.9 Å². The molecule has 0 aliphatic heterocycles. The molecule has 2 aliphatic rings. The van der Waals surface area contributed by atoms with E-state index in [1.54, 1.807) is 48.5 Å². The van der Waals surface area contributed by atoms with Gasteiger partial charge in [-0.25, -0.2) is 18.4 Å². The maximum Gasteiger partial charge on any atom is 0.341 e. The summed E-state index contributed by atoms with van der Waals surface area (Å²) in [6, 6.07) is 16.1. The first-order valence-electron chi connectivity index (χ1n) is 16.3. The van der Waals surface area contributed by atoms with Crippen LogP contribution in [0, 0.1) is 11.6 Å². The van der Waals surface area contributed by atoms with Crippen LogP contribution in [0.3, 0.4) is 0 Å². The number of H-pyrrole nitrogens is 2. The summed E-state index contributed by atoms with van der Waals surface area (Å²) in [7, 11) is 1.30. The Morgan fingerprint density at radius 1 is 0.720 bits per heavy atom. The fourth-order valence-electron chi connectivity index (χ4n) is 7.23. The van der Waals surface area contributed by atoms with E-state index in [0.717, 1.165) is 12.8 Å². The summed E-state index contributed by atoms with van der Waals surface area (Å²) >= 11 is 13.2. The van der Waals surface area contributed by atoms with Crippen LogP contribution in [-0.4, -0.2) is 34.1 Å². The van der Waals surface area contributed by atoms with Gasteiger partial charge in [-0.3, -0.25) is 0 Å². The third-order valence-electron chi connectivity index (χ3n) is 10.3. The van der Waals surface area contributed by atoms with Crippen molar-refractivity contribution in [2.45, 2.75) is 49.7 Å². The van der Waals surface area contributed by atoms with E-state index in [9.17, 15) is 14.7 Å². The number of hydrogen-bond acceptors (Lipinski definition) is 5. The number of benzene rings is 4. The summed E-state index contributed by atoms with van der Waals surface area (Å²) in [5.41, 5.74) is 1.99. The molecule has 0 bridgehead atoms. The number of aliphatic hydroxyl groups is 1. The van der Waals surface area contributed by atoms with Gasteiger partial charge in [-0.15, -0.1) is 0 Å². The molecule has 0 saturated heterocycles. The molecule has 4 aromatic carbocycles. The molecule has 50 heavy (non-hydrogen) atoms. The van der Waals surface area contributed by atoms with Gasteiger partial charge >= 0.3 is 11.9 Å². The standard InChI is InChI=1S/C39H30Cl2F2N2O5/c1-49-36(46)26-18-44-34-16-30(40)22(14-24(26)34)21-5-7-29(33(43)13-21)39(10-3-11-39)50-37(47)27-19-45-35-17-31(41)23(15-25(27)35)20-4-6-28(32(42)12-20)38(48)8-2-9-38/h4-7,12-19,44-45,48H,2-3,8-11H2,1H3. The molecular weight excluding hydrogens is 685 g/mol. The van der Waals surface area contributed by atoms with Crippen molar-refractivity contribution in [2.75, 3.05) is 7.11 Å². The highest BCUT2D eigenvalue weighted by Gasteiger charge is 2.45. The maximum absolute atomic E-state index is 16.0. The van der Waals surface area contributed by atoms with Crippen LogP contribution in [0.1, 0.15) is 70.4 Å². The Morgan fingerprint density at radius 2 is 1.22 bits per heavy atom. The van der Waals surface area contributed by atoms with Crippen molar-refractivity contribution < 1.29 is 33.0 Å². The number of ether oxygens (including phenoxy) is 2. The first-order chi connectivity index (χ1) is 24.0. The van der Waals surface area contributed by atoms with Gasteiger partial charge in [-0.1, -0.05) is 47.5 Å². The monoisotopic (exact) mass is 714 g/mol. The molecule has 0 amide bonds. The van der Waals surface area contributed by atoms with Crippen LogP contribution in [-0.2, 0) is 20.7 Å². The number of hydrogen-bond donors (Lipinski definition) is 3. The van der Waals surface area contributed by atoms with Gasteiger partial charge in [0, 0.05) is 56.5 Å². The number of halogens is 4. The molecule has 2 aromatic heterocycles. The molecule has 0 atom stereocenters. The SMILES string of the molecule is COC(=O)c1c[nH]c2cc(Cl)c(-c3ccc(C4(OC(=O)c5c[nH]c6cc(Cl)c(-c7ccc(C8(O)CCC8)c(F)c7)cc56)CCC4)c(F)c3)cc12. The van der Waals surface area contributed by atoms with Crippen molar-refractivity contribution in [3.8, 4) is 22.3 Å². The predicted molar refractivity (Wildman–Crippen MR) is 187 cm³/mol. The van der Waals surface area contributed by atoms with Crippen molar-refractivity contribution in [2.24, 2.45) is 0 Å². The van der Waals surface area contributed by atoms with E-state index in [0.29, 0.717) is 85.4 Å². The van der Waals surface area contributed by atoms with E-state index in [2.05, 4.69) is 9.97 Å². The van der Waals surface area contributed by atoms with E-state index in [1.807, 2.05) is 0 Å². The van der Waals surface area contributed by atoms with Crippen LogP contribution in [0.2, 0.25) is 10.0 Å². The van der Waals surface area contributed by atoms with Gasteiger partial charge in [0.2, 0.25) is 0 Å². The van der Waals surface area contributed by atoms with Gasteiger partial charge in [0.05, 0.1) is 33.9 Å². The van der Waals surface area contributed by atoms with Crippen LogP contribution >= 0.6 is 23.2 Å². The normalized spacial score (nSPS) is 16.2. The lowest BCUT2D eigenvalue weighted by atomic mass is 9.74. The number of fused-ring (bicyclic) bond motifs is 2. The summed E-state index contributed by atoms with van der Waals surface area (Å²) in [5, 5.41) is 12.5. The lowest BCUT2D eigenvalue weighted by Crippen LogP contribution is -2.40. The molecule has 3 N–H and O–H groups in total. The molecule has 6 aromatic rings. The van der Waals surface area contributed by atoms with Gasteiger partial charge in [0.1, 0.15) is 17.2 Å². The first kappa shape index (κ1) is 32.5. The Kier molecular flexibility index (Phi) is 7.78. The highest BCUT2D eigenvalue weighted by molar-refractivity contribution is 6.35. The van der Waals surface area contributed by atoms with E-state index >= 15 is 8.78 Å². The van der Waals surface area contributed by atoms with Crippen molar-refractivity contribution in [1.29, 1.82) is 0 Å². The highest BCUT2D eigenvalue weighted by Crippen LogP contribution is 2.48. The number of nitrogens with one attached hydrogen (secondary N) is 2. The summed E-state index contributed by atoms with van der Waals surface area (Å²) in [6.45, 7) is 0. The summed E-state index contributed by atoms with van der Waals surface area (Å²) in [6.07, 6.45) is 6.54. The molecule has 2 aliphatic carbocycles. The first-order valence-corrected chi connectivity index (χ1v) is 17.0. The van der Waals surface area contributed by atoms with Crippen molar-refractivity contribution in [3.05, 3.63) is 117 Å². The Hall–Kier alpha value is -4.70. The zero-order valence-electron chi connectivity index (χ0n) is 26.8. The van der Waals surface area contributed by atoms with Gasteiger partial charge < -0.3 is 24.5 Å². The Balaban J connectivity index is 1.09. The smallest absolute Gasteiger partial charge is 0.341 e. The molecule has 2 fully saturated rings. The fourth-order valence-corrected chi connectivity index (χ4v) is 7.77. The third-order valence-corrected chi connectivity index (χ3v) is 11.0. The molecule has 254 valence electrons. The molecule has 7 nitrogen and oxygen atoms in total. The number of carbonyl (C=O) groups is 2. The molecule has 11 heteroatoms. The number of aromatic amines is 2. The molecule has 0 radical (unpaired) electrons. The largest absolute Gasteiger partial charge is 0.465 e. The lowest BCUT2D eigenvalue weighted by molar-refractivity contribution is -0.0689. The second-order valence-corrected chi connectivity index (χ2v) is 14.0. The number of aromatic nitrogens is 2. The molecule has 2 heterocycles. The number of esters is 2. The second-order valence-electron chi connectivity index (χ2n) is 13.2. The number of carbonyl (C=O) groups excluding carboxylic acids is 2. The van der Waals surface area contributed by atoms with Crippen molar-refractivity contribution in [3.63, 3.8) is 0 Å². The van der Waals surface area contributed by atoms with Crippen LogP contribution < -0.4 is 0 Å². The average Bonchev–Trinajstić information content (AvgIpc) is 3.67. The van der Waals surface area contributed by atoms with Crippen molar-refractivity contribution in [1.82, 2.24) is 9.97 Å². The lowest BCUT2D eigenvalue weighted by Gasteiger charge is -2.41. The van der Waals surface area contributed by atoms with E-state index < -0.39 is 34.8 Å². The Labute approximate surface area is 295 Å².